The van der Waals surface area contributed by atoms with Crippen LogP contribution in [0.25, 0.3) is 11.1 Å². The summed E-state index contributed by atoms with van der Waals surface area (Å²) in [6, 6.07) is 26.6. The van der Waals surface area contributed by atoms with Gasteiger partial charge in [-0.1, -0.05) is 97.7 Å². The van der Waals surface area contributed by atoms with Crippen molar-refractivity contribution >= 4 is 46.0 Å². The van der Waals surface area contributed by atoms with Gasteiger partial charge in [0.2, 0.25) is 11.8 Å². The van der Waals surface area contributed by atoms with Crippen molar-refractivity contribution in [2.45, 2.75) is 26.7 Å². The molecule has 0 radical (unpaired) electrons. The number of anilines is 1. The summed E-state index contributed by atoms with van der Waals surface area (Å²) in [5.41, 5.74) is 1.78. The van der Waals surface area contributed by atoms with E-state index in [1.807, 2.05) is 74.5 Å². The van der Waals surface area contributed by atoms with Crippen molar-refractivity contribution in [1.82, 2.24) is 0 Å². The molecule has 0 N–H and O–H groups in total. The van der Waals surface area contributed by atoms with Crippen LogP contribution in [0.3, 0.4) is 0 Å². The molecule has 0 aromatic heterocycles. The first-order valence-corrected chi connectivity index (χ1v) is 12.8. The molecule has 1 heterocycles. The number of fused-ring (bicyclic) bond motifs is 5. The van der Waals surface area contributed by atoms with Crippen LogP contribution in [0.2, 0.25) is 5.02 Å². The van der Waals surface area contributed by atoms with Gasteiger partial charge < -0.3 is 0 Å². The molecule has 2 aliphatic carbocycles. The van der Waals surface area contributed by atoms with Gasteiger partial charge in [-0.3, -0.25) is 14.4 Å². The summed E-state index contributed by atoms with van der Waals surface area (Å²) in [5.74, 6) is -2.22. The zero-order valence-corrected chi connectivity index (χ0v) is 21.0. The number of imide groups is 1. The summed E-state index contributed by atoms with van der Waals surface area (Å²) in [7, 11) is 0. The highest BCUT2D eigenvalue weighted by molar-refractivity contribution is 6.38. The lowest BCUT2D eigenvalue weighted by Gasteiger charge is -2.37. The van der Waals surface area contributed by atoms with Crippen LogP contribution in [-0.2, 0) is 14.4 Å². The maximum Gasteiger partial charge on any atom is 0.239 e. The van der Waals surface area contributed by atoms with E-state index < -0.39 is 22.7 Å². The molecule has 2 fully saturated rings. The first-order valence-electron chi connectivity index (χ1n) is 12.4. The first-order chi connectivity index (χ1) is 17.4. The number of carbonyl (C=O) groups excluding carboxylic acids is 3. The molecule has 3 aliphatic rings. The fraction of sp³-hybridized carbons (Fsp3) is 0.258. The Bertz CT molecular complexity index is 1450. The summed E-state index contributed by atoms with van der Waals surface area (Å²) in [6.45, 7) is 3.91. The van der Waals surface area contributed by atoms with E-state index in [0.29, 0.717) is 23.6 Å². The molecule has 3 aromatic rings. The molecule has 180 valence electrons. The normalized spacial score (nSPS) is 28.9. The monoisotopic (exact) mass is 495 g/mol. The molecule has 5 heteroatoms. The summed E-state index contributed by atoms with van der Waals surface area (Å²) in [4.78, 5) is 44.2. The van der Waals surface area contributed by atoms with Crippen molar-refractivity contribution in [3.05, 3.63) is 101 Å². The number of hydrogen-bond acceptors (Lipinski definition) is 3. The van der Waals surface area contributed by atoms with E-state index in [0.717, 1.165) is 22.3 Å². The Morgan fingerprint density at radius 3 is 1.86 bits per heavy atom. The highest BCUT2D eigenvalue weighted by atomic mass is 35.5. The van der Waals surface area contributed by atoms with E-state index in [-0.39, 0.29) is 17.6 Å². The quantitative estimate of drug-likeness (QED) is 0.382. The topological polar surface area (TPSA) is 54.5 Å². The van der Waals surface area contributed by atoms with E-state index >= 15 is 0 Å². The van der Waals surface area contributed by atoms with E-state index in [2.05, 4.69) is 0 Å². The van der Waals surface area contributed by atoms with Crippen LogP contribution < -0.4 is 4.90 Å². The number of ketones is 1. The average molecular weight is 496 g/mol. The van der Waals surface area contributed by atoms with Crippen molar-refractivity contribution in [3.63, 3.8) is 0 Å². The number of amides is 2. The summed E-state index contributed by atoms with van der Waals surface area (Å²) < 4.78 is 0. The number of Topliss-reactive ketones (excluding diaryl/α,β-unsaturated/α-hetero) is 1. The summed E-state index contributed by atoms with van der Waals surface area (Å²) >= 11 is 6.46. The second kappa shape index (κ2) is 8.01. The van der Waals surface area contributed by atoms with Crippen LogP contribution in [-0.4, -0.2) is 17.6 Å². The molecule has 36 heavy (non-hydrogen) atoms. The largest absolute Gasteiger partial charge is 0.298 e. The fourth-order valence-electron chi connectivity index (χ4n) is 7.23. The zero-order chi connectivity index (χ0) is 25.2. The third kappa shape index (κ3) is 2.68. The number of hydrogen-bond donors (Lipinski definition) is 0. The lowest BCUT2D eigenvalue weighted by Crippen LogP contribution is -2.41. The van der Waals surface area contributed by atoms with Crippen molar-refractivity contribution in [1.29, 1.82) is 0 Å². The smallest absolute Gasteiger partial charge is 0.239 e. The van der Waals surface area contributed by atoms with Crippen LogP contribution in [0.15, 0.2) is 84.9 Å². The van der Waals surface area contributed by atoms with Crippen molar-refractivity contribution < 1.29 is 14.4 Å². The van der Waals surface area contributed by atoms with Crippen molar-refractivity contribution in [2.75, 3.05) is 4.90 Å². The maximum atomic E-state index is 14.6. The fourth-order valence-corrected chi connectivity index (χ4v) is 7.45. The minimum Gasteiger partial charge on any atom is -0.298 e. The first kappa shape index (κ1) is 22.9. The maximum absolute atomic E-state index is 14.6. The number of para-hydroxylation sites is 1. The Hall–Kier alpha value is -3.50. The van der Waals surface area contributed by atoms with Gasteiger partial charge in [-0.25, -0.2) is 4.90 Å². The van der Waals surface area contributed by atoms with Gasteiger partial charge in [0.25, 0.3) is 0 Å². The van der Waals surface area contributed by atoms with Crippen LogP contribution in [0.1, 0.15) is 37.8 Å². The molecular formula is C31H26ClNO3. The van der Waals surface area contributed by atoms with Gasteiger partial charge in [0, 0.05) is 0 Å². The van der Waals surface area contributed by atoms with Gasteiger partial charge in [0.05, 0.1) is 33.4 Å². The minimum absolute atomic E-state index is 0.00920. The van der Waals surface area contributed by atoms with Gasteiger partial charge in [-0.05, 0) is 47.8 Å². The molecule has 2 amide bonds. The molecular weight excluding hydrogens is 470 g/mol. The van der Waals surface area contributed by atoms with Gasteiger partial charge >= 0.3 is 0 Å². The molecule has 3 aromatic carbocycles. The third-order valence-electron chi connectivity index (χ3n) is 8.41. The highest BCUT2D eigenvalue weighted by Gasteiger charge is 2.80. The standard InChI is InChI=1S/C31H26ClNO3/c1-3-18-31-24(20-14-8-5-9-15-20)23(19-12-6-4-7-13-19)30(2,29(31)36)25-26(31)28(35)33(27(25)34)22-17-11-10-16-21(22)32/h4-17,25-26H,3,18H2,1-2H3/t25-,26+,30-,31+/m0/s1. The van der Waals surface area contributed by atoms with Gasteiger partial charge in [0.15, 0.2) is 5.78 Å². The summed E-state index contributed by atoms with van der Waals surface area (Å²) in [5, 5.41) is 0.340. The highest BCUT2D eigenvalue weighted by Crippen LogP contribution is 2.75. The SMILES string of the molecule is CCC[C@@]12C(=O)[C@@](C)(C(c3ccccc3)=C1c1ccccc1)[C@@H]1C(=O)N(c3ccccc3Cl)C(=O)[C@@H]12. The molecule has 1 saturated heterocycles. The Balaban J connectivity index is 1.67. The predicted octanol–water partition coefficient (Wildman–Crippen LogP) is 6.45. The van der Waals surface area contributed by atoms with E-state index in [1.54, 1.807) is 24.3 Å². The Kier molecular flexibility index (Phi) is 5.10. The second-order valence-corrected chi connectivity index (χ2v) is 10.6. The van der Waals surface area contributed by atoms with E-state index in [4.69, 9.17) is 11.6 Å². The van der Waals surface area contributed by atoms with E-state index in [1.165, 1.54) is 4.90 Å². The zero-order valence-electron chi connectivity index (χ0n) is 20.2. The Morgan fingerprint density at radius 2 is 1.28 bits per heavy atom. The van der Waals surface area contributed by atoms with Gasteiger partial charge in [0.1, 0.15) is 0 Å². The number of rotatable bonds is 5. The van der Waals surface area contributed by atoms with Gasteiger partial charge in [-0.2, -0.15) is 0 Å². The molecule has 1 aliphatic heterocycles. The Labute approximate surface area is 215 Å². The number of nitrogens with zero attached hydrogens (tertiary/aromatic N) is 1. The van der Waals surface area contributed by atoms with Crippen LogP contribution in [0, 0.1) is 22.7 Å². The van der Waals surface area contributed by atoms with Crippen molar-refractivity contribution in [3.8, 4) is 0 Å². The second-order valence-electron chi connectivity index (χ2n) is 10.2. The molecule has 0 unspecified atom stereocenters. The molecule has 0 spiro atoms. The van der Waals surface area contributed by atoms with Crippen LogP contribution in [0.5, 0.6) is 0 Å². The molecule has 4 atom stereocenters. The Morgan fingerprint density at radius 1 is 0.750 bits per heavy atom. The van der Waals surface area contributed by atoms with Crippen LogP contribution in [0.4, 0.5) is 5.69 Å². The molecule has 6 rings (SSSR count). The van der Waals surface area contributed by atoms with Gasteiger partial charge in [-0.15, -0.1) is 0 Å². The lowest BCUT2D eigenvalue weighted by molar-refractivity contribution is -0.134. The molecule has 1 saturated carbocycles. The predicted molar refractivity (Wildman–Crippen MR) is 141 cm³/mol. The van der Waals surface area contributed by atoms with E-state index in [9.17, 15) is 14.4 Å². The summed E-state index contributed by atoms with van der Waals surface area (Å²) in [6.07, 6.45) is 1.20. The number of carbonyl (C=O) groups is 3. The van der Waals surface area contributed by atoms with Crippen molar-refractivity contribution in [2.24, 2.45) is 22.7 Å². The van der Waals surface area contributed by atoms with Crippen LogP contribution >= 0.6 is 11.6 Å². The molecule has 2 bridgehead atoms. The average Bonchev–Trinajstić information content (AvgIpc) is 3.35. The number of halogens is 1. The molecule has 4 nitrogen and oxygen atoms in total. The third-order valence-corrected chi connectivity index (χ3v) is 8.73. The lowest BCUT2D eigenvalue weighted by atomic mass is 9.61. The number of allylic oxidation sites excluding steroid dienone is 2. The number of benzene rings is 3. The minimum atomic E-state index is -1.13.